The molecule has 0 amide bonds. The number of hydrogen-bond acceptors (Lipinski definition) is 4. The predicted molar refractivity (Wildman–Crippen MR) is 101 cm³/mol. The van der Waals surface area contributed by atoms with E-state index >= 15 is 0 Å². The van der Waals surface area contributed by atoms with Crippen LogP contribution in [-0.2, 0) is 11.8 Å². The quantitative estimate of drug-likeness (QED) is 0.593. The van der Waals surface area contributed by atoms with Gasteiger partial charge in [-0.05, 0) is 25.0 Å². The van der Waals surface area contributed by atoms with E-state index in [2.05, 4.69) is 25.6 Å². The normalized spacial score (nSPS) is 33.0. The van der Waals surface area contributed by atoms with Crippen molar-refractivity contribution in [3.05, 3.63) is 29.6 Å². The van der Waals surface area contributed by atoms with Gasteiger partial charge in [-0.15, -0.1) is 0 Å². The lowest BCUT2D eigenvalue weighted by molar-refractivity contribution is -0.141. The van der Waals surface area contributed by atoms with E-state index in [9.17, 15) is 30.7 Å². The fourth-order valence-electron chi connectivity index (χ4n) is 4.50. The molecular weight excluding hydrogens is 445 g/mol. The van der Waals surface area contributed by atoms with Gasteiger partial charge in [0.15, 0.2) is 11.6 Å². The SMILES string of the molecule is NC1=NC(c2cccc(C(F)(F)F)n2)(C2CCC(F)(F)C2)NC(=NC2CCC(F)(F)C2)N1. The zero-order valence-corrected chi connectivity index (χ0v) is 16.7. The highest BCUT2D eigenvalue weighted by atomic mass is 19.4. The number of rotatable bonds is 3. The molecule has 4 rings (SSSR count). The number of nitrogens with two attached hydrogens (primary N) is 1. The number of aromatic nitrogens is 1. The highest BCUT2D eigenvalue weighted by molar-refractivity contribution is 6.00. The minimum Gasteiger partial charge on any atom is -0.370 e. The molecule has 2 aliphatic carbocycles. The maximum absolute atomic E-state index is 14.1. The van der Waals surface area contributed by atoms with Crippen molar-refractivity contribution in [2.75, 3.05) is 0 Å². The number of nitrogens with zero attached hydrogens (tertiary/aromatic N) is 3. The first-order valence-corrected chi connectivity index (χ1v) is 10.1. The third-order valence-electron chi connectivity index (χ3n) is 5.97. The van der Waals surface area contributed by atoms with Crippen LogP contribution in [0.25, 0.3) is 0 Å². The Bertz CT molecular complexity index is 944. The van der Waals surface area contributed by atoms with Crippen molar-refractivity contribution in [2.45, 2.75) is 68.3 Å². The van der Waals surface area contributed by atoms with Crippen LogP contribution >= 0.6 is 0 Å². The molecule has 4 N–H and O–H groups in total. The van der Waals surface area contributed by atoms with Gasteiger partial charge < -0.3 is 11.1 Å². The molecule has 2 fully saturated rings. The van der Waals surface area contributed by atoms with E-state index in [0.29, 0.717) is 0 Å². The third kappa shape index (κ3) is 4.46. The number of aliphatic imine (C=N–C) groups is 2. The Labute approximate surface area is 178 Å². The highest BCUT2D eigenvalue weighted by Gasteiger charge is 2.54. The molecule has 0 aromatic carbocycles. The summed E-state index contributed by atoms with van der Waals surface area (Å²) in [6, 6.07) is 2.32. The van der Waals surface area contributed by atoms with E-state index in [0.717, 1.165) is 12.1 Å². The minimum atomic E-state index is -4.77. The van der Waals surface area contributed by atoms with Crippen molar-refractivity contribution in [2.24, 2.45) is 21.6 Å². The van der Waals surface area contributed by atoms with Gasteiger partial charge in [0.05, 0.1) is 11.7 Å². The first-order chi connectivity index (χ1) is 14.8. The molecule has 6 nitrogen and oxygen atoms in total. The van der Waals surface area contributed by atoms with Gasteiger partial charge in [-0.2, -0.15) is 13.2 Å². The second-order valence-electron chi connectivity index (χ2n) is 8.45. The minimum absolute atomic E-state index is 0.0660. The summed E-state index contributed by atoms with van der Waals surface area (Å²) in [5.74, 6) is -7.29. The van der Waals surface area contributed by atoms with Crippen LogP contribution in [0.5, 0.6) is 0 Å². The van der Waals surface area contributed by atoms with Gasteiger partial charge >= 0.3 is 6.18 Å². The van der Waals surface area contributed by atoms with Gasteiger partial charge in [0.1, 0.15) is 5.69 Å². The monoisotopic (exact) mass is 466 g/mol. The smallest absolute Gasteiger partial charge is 0.370 e. The molecule has 2 heterocycles. The first kappa shape index (κ1) is 22.6. The van der Waals surface area contributed by atoms with E-state index in [-0.39, 0.29) is 36.9 Å². The molecule has 32 heavy (non-hydrogen) atoms. The molecule has 1 aromatic heterocycles. The molecule has 176 valence electrons. The first-order valence-electron chi connectivity index (χ1n) is 10.1. The molecule has 1 aromatic rings. The average Bonchev–Trinajstić information content (AvgIpc) is 3.21. The van der Waals surface area contributed by atoms with Crippen molar-refractivity contribution in [1.82, 2.24) is 15.6 Å². The summed E-state index contributed by atoms with van der Waals surface area (Å²) in [6.45, 7) is 0. The van der Waals surface area contributed by atoms with Gasteiger partial charge in [0.25, 0.3) is 0 Å². The Hall–Kier alpha value is -2.60. The summed E-state index contributed by atoms with van der Waals surface area (Å²) in [5.41, 5.74) is 2.51. The van der Waals surface area contributed by atoms with Gasteiger partial charge in [-0.3, -0.25) is 5.32 Å². The maximum atomic E-state index is 14.1. The number of halogens is 7. The lowest BCUT2D eigenvalue weighted by Gasteiger charge is -2.40. The maximum Gasteiger partial charge on any atom is 0.433 e. The van der Waals surface area contributed by atoms with Crippen LogP contribution in [0.1, 0.15) is 49.9 Å². The van der Waals surface area contributed by atoms with Crippen LogP contribution in [0.2, 0.25) is 0 Å². The van der Waals surface area contributed by atoms with Gasteiger partial charge in [-0.25, -0.2) is 32.5 Å². The molecule has 0 spiro atoms. The molecule has 13 heteroatoms. The van der Waals surface area contributed by atoms with Gasteiger partial charge in [0, 0.05) is 31.6 Å². The van der Waals surface area contributed by atoms with Crippen molar-refractivity contribution >= 4 is 11.9 Å². The lowest BCUT2D eigenvalue weighted by atomic mass is 9.87. The van der Waals surface area contributed by atoms with Crippen LogP contribution in [-0.4, -0.2) is 34.8 Å². The van der Waals surface area contributed by atoms with Crippen LogP contribution in [0.4, 0.5) is 30.7 Å². The summed E-state index contributed by atoms with van der Waals surface area (Å²) >= 11 is 0. The van der Waals surface area contributed by atoms with Gasteiger partial charge in [-0.1, -0.05) is 6.07 Å². The van der Waals surface area contributed by atoms with E-state index in [4.69, 9.17) is 5.73 Å². The summed E-state index contributed by atoms with van der Waals surface area (Å²) in [4.78, 5) is 12.0. The molecule has 0 bridgehead atoms. The molecular formula is C19H21F7N6. The summed E-state index contributed by atoms with van der Waals surface area (Å²) < 4.78 is 95.1. The Balaban J connectivity index is 1.77. The molecule has 0 saturated heterocycles. The zero-order chi connectivity index (χ0) is 23.4. The number of pyridine rings is 1. The van der Waals surface area contributed by atoms with E-state index < -0.39 is 60.6 Å². The molecule has 0 radical (unpaired) electrons. The summed E-state index contributed by atoms with van der Waals surface area (Å²) in [5, 5.41) is 5.36. The number of guanidine groups is 2. The van der Waals surface area contributed by atoms with Crippen molar-refractivity contribution in [3.63, 3.8) is 0 Å². The fourth-order valence-corrected chi connectivity index (χ4v) is 4.50. The Morgan fingerprint density at radius 2 is 1.72 bits per heavy atom. The second-order valence-corrected chi connectivity index (χ2v) is 8.45. The number of alkyl halides is 7. The topological polar surface area (TPSA) is 87.7 Å². The Morgan fingerprint density at radius 3 is 2.31 bits per heavy atom. The predicted octanol–water partition coefficient (Wildman–Crippen LogP) is 3.74. The standard InChI is InChI=1S/C19H21F7N6/c20-16(21)6-4-10(8-16)18(12-2-1-3-13(29-12)19(24,25)26)31-14(27)30-15(32-18)28-11-5-7-17(22,23)9-11/h1-3,10-11H,4-9H2,(H4,27,28,30,31,32). The summed E-state index contributed by atoms with van der Waals surface area (Å²) in [6.07, 6.45) is -6.75. The summed E-state index contributed by atoms with van der Waals surface area (Å²) in [7, 11) is 0. The average molecular weight is 466 g/mol. The Kier molecular flexibility index (Phi) is 5.28. The van der Waals surface area contributed by atoms with Crippen LogP contribution in [0.15, 0.2) is 28.2 Å². The number of nitrogens with one attached hydrogen (secondary N) is 2. The van der Waals surface area contributed by atoms with Crippen LogP contribution < -0.4 is 16.4 Å². The van der Waals surface area contributed by atoms with Gasteiger partial charge in [0.2, 0.25) is 17.8 Å². The van der Waals surface area contributed by atoms with E-state index in [1.165, 1.54) is 6.07 Å². The molecule has 3 unspecified atom stereocenters. The third-order valence-corrected chi connectivity index (χ3v) is 5.97. The van der Waals surface area contributed by atoms with Crippen molar-refractivity contribution in [3.8, 4) is 0 Å². The van der Waals surface area contributed by atoms with E-state index in [1.54, 1.807) is 0 Å². The lowest BCUT2D eigenvalue weighted by Crippen LogP contribution is -2.61. The molecule has 1 aliphatic heterocycles. The fraction of sp³-hybridized carbons (Fsp3) is 0.632. The second kappa shape index (κ2) is 7.48. The zero-order valence-electron chi connectivity index (χ0n) is 16.7. The number of hydrogen-bond donors (Lipinski definition) is 3. The van der Waals surface area contributed by atoms with E-state index in [1.807, 2.05) is 0 Å². The largest absolute Gasteiger partial charge is 0.433 e. The van der Waals surface area contributed by atoms with Crippen molar-refractivity contribution in [1.29, 1.82) is 0 Å². The molecule has 3 aliphatic rings. The van der Waals surface area contributed by atoms with Crippen LogP contribution in [0.3, 0.4) is 0 Å². The highest BCUT2D eigenvalue weighted by Crippen LogP contribution is 2.48. The van der Waals surface area contributed by atoms with Crippen LogP contribution in [0, 0.1) is 5.92 Å². The molecule has 3 atom stereocenters. The van der Waals surface area contributed by atoms with Crippen molar-refractivity contribution < 1.29 is 30.7 Å². The molecule has 2 saturated carbocycles. The Morgan fingerprint density at radius 1 is 1.03 bits per heavy atom.